The molecule has 1 aliphatic heterocycles. The third-order valence-corrected chi connectivity index (χ3v) is 6.35. The van der Waals surface area contributed by atoms with E-state index in [1.54, 1.807) is 11.3 Å². The number of ether oxygens (including phenoxy) is 1. The van der Waals surface area contributed by atoms with E-state index in [1.165, 1.54) is 10.4 Å². The number of hydrogen-bond donors (Lipinski definition) is 1. The van der Waals surface area contributed by atoms with Crippen LogP contribution in [0.25, 0.3) is 0 Å². The molecule has 0 saturated carbocycles. The van der Waals surface area contributed by atoms with Crippen molar-refractivity contribution in [2.24, 2.45) is 17.3 Å². The summed E-state index contributed by atoms with van der Waals surface area (Å²) in [6.07, 6.45) is 2.05. The SMILES string of the molecule is CCC(C)C(C)(C)C(C)C(=O)Nc1cc2c(s1)COCC2. The van der Waals surface area contributed by atoms with Crippen LogP contribution in [0.5, 0.6) is 0 Å². The zero-order valence-electron chi connectivity index (χ0n) is 13.8. The van der Waals surface area contributed by atoms with E-state index in [2.05, 4.69) is 39.1 Å². The Hall–Kier alpha value is -0.870. The maximum Gasteiger partial charge on any atom is 0.228 e. The molecule has 1 aliphatic rings. The van der Waals surface area contributed by atoms with Gasteiger partial charge in [-0.2, -0.15) is 0 Å². The Labute approximate surface area is 132 Å². The van der Waals surface area contributed by atoms with Crippen LogP contribution >= 0.6 is 11.3 Å². The van der Waals surface area contributed by atoms with E-state index in [9.17, 15) is 4.79 Å². The molecule has 3 nitrogen and oxygen atoms in total. The molecule has 1 N–H and O–H groups in total. The number of hydrogen-bond acceptors (Lipinski definition) is 3. The highest BCUT2D eigenvalue weighted by Crippen LogP contribution is 2.38. The molecule has 0 spiro atoms. The van der Waals surface area contributed by atoms with Gasteiger partial charge in [0.2, 0.25) is 5.91 Å². The van der Waals surface area contributed by atoms with Crippen LogP contribution in [0, 0.1) is 17.3 Å². The van der Waals surface area contributed by atoms with Crippen LogP contribution in [0.2, 0.25) is 0 Å². The zero-order chi connectivity index (χ0) is 15.6. The summed E-state index contributed by atoms with van der Waals surface area (Å²) in [5.41, 5.74) is 1.33. The summed E-state index contributed by atoms with van der Waals surface area (Å²) in [5.74, 6) is 0.630. The first-order valence-corrected chi connectivity index (χ1v) is 8.68. The molecular weight excluding hydrogens is 282 g/mol. The summed E-state index contributed by atoms with van der Waals surface area (Å²) < 4.78 is 5.46. The van der Waals surface area contributed by atoms with Crippen LogP contribution in [0.1, 0.15) is 51.5 Å². The number of amides is 1. The summed E-state index contributed by atoms with van der Waals surface area (Å²) in [7, 11) is 0. The van der Waals surface area contributed by atoms with Gasteiger partial charge in [0.1, 0.15) is 0 Å². The molecule has 2 unspecified atom stereocenters. The monoisotopic (exact) mass is 309 g/mol. The van der Waals surface area contributed by atoms with Crippen molar-refractivity contribution in [1.29, 1.82) is 0 Å². The summed E-state index contributed by atoms with van der Waals surface area (Å²) >= 11 is 1.65. The average Bonchev–Trinajstić information content (AvgIpc) is 2.87. The predicted octanol–water partition coefficient (Wildman–Crippen LogP) is 4.47. The van der Waals surface area contributed by atoms with Crippen molar-refractivity contribution in [2.45, 2.75) is 54.1 Å². The Morgan fingerprint density at radius 1 is 1.48 bits per heavy atom. The van der Waals surface area contributed by atoms with E-state index in [0.717, 1.165) is 24.4 Å². The highest BCUT2D eigenvalue weighted by molar-refractivity contribution is 7.16. The van der Waals surface area contributed by atoms with E-state index in [0.29, 0.717) is 12.5 Å². The number of rotatable bonds is 5. The van der Waals surface area contributed by atoms with Crippen LogP contribution < -0.4 is 5.32 Å². The van der Waals surface area contributed by atoms with E-state index in [1.807, 2.05) is 6.92 Å². The van der Waals surface area contributed by atoms with Gasteiger partial charge in [-0.25, -0.2) is 0 Å². The molecule has 4 heteroatoms. The van der Waals surface area contributed by atoms with Crippen molar-refractivity contribution >= 4 is 22.2 Å². The van der Waals surface area contributed by atoms with Crippen LogP contribution in [0.15, 0.2) is 6.07 Å². The number of carbonyl (C=O) groups is 1. The van der Waals surface area contributed by atoms with Crippen molar-refractivity contribution in [1.82, 2.24) is 0 Å². The third kappa shape index (κ3) is 3.49. The molecule has 0 bridgehead atoms. The molecule has 1 aromatic heterocycles. The fourth-order valence-electron chi connectivity index (χ4n) is 2.73. The number of carbonyl (C=O) groups excluding carboxylic acids is 1. The van der Waals surface area contributed by atoms with Crippen LogP contribution in [0.4, 0.5) is 5.00 Å². The number of fused-ring (bicyclic) bond motifs is 1. The molecule has 2 rings (SSSR count). The first-order chi connectivity index (χ1) is 9.86. The highest BCUT2D eigenvalue weighted by Gasteiger charge is 2.35. The Bertz CT molecular complexity index is 483. The predicted molar refractivity (Wildman–Crippen MR) is 88.7 cm³/mol. The molecule has 21 heavy (non-hydrogen) atoms. The molecule has 0 aromatic carbocycles. The van der Waals surface area contributed by atoms with Gasteiger partial charge in [0, 0.05) is 10.8 Å². The van der Waals surface area contributed by atoms with E-state index >= 15 is 0 Å². The van der Waals surface area contributed by atoms with Gasteiger partial charge in [-0.05, 0) is 29.4 Å². The average molecular weight is 309 g/mol. The second-order valence-electron chi connectivity index (χ2n) is 6.70. The van der Waals surface area contributed by atoms with Gasteiger partial charge in [0.15, 0.2) is 0 Å². The molecule has 0 radical (unpaired) electrons. The Morgan fingerprint density at radius 3 is 2.81 bits per heavy atom. The molecule has 0 saturated heterocycles. The third-order valence-electron chi connectivity index (χ3n) is 5.28. The standard InChI is InChI=1S/C17H27NO2S/c1-6-11(2)17(4,5)12(3)16(19)18-15-9-13-7-8-20-10-14(13)21-15/h9,11-12H,6-8,10H2,1-5H3,(H,18,19). The summed E-state index contributed by atoms with van der Waals surface area (Å²) in [6, 6.07) is 2.11. The lowest BCUT2D eigenvalue weighted by Crippen LogP contribution is -2.37. The van der Waals surface area contributed by atoms with Crippen molar-refractivity contribution < 1.29 is 9.53 Å². The van der Waals surface area contributed by atoms with Gasteiger partial charge in [0.05, 0.1) is 18.2 Å². The Balaban J connectivity index is 2.05. The molecule has 1 aromatic rings. The minimum atomic E-state index is -0.0113. The summed E-state index contributed by atoms with van der Waals surface area (Å²) in [6.45, 7) is 12.3. The second kappa shape index (κ2) is 6.49. The summed E-state index contributed by atoms with van der Waals surface area (Å²) in [5, 5.41) is 4.07. The molecular formula is C17H27NO2S. The van der Waals surface area contributed by atoms with E-state index < -0.39 is 0 Å². The fourth-order valence-corrected chi connectivity index (χ4v) is 3.78. The van der Waals surface area contributed by atoms with Crippen LogP contribution in [-0.4, -0.2) is 12.5 Å². The maximum absolute atomic E-state index is 12.6. The van der Waals surface area contributed by atoms with Crippen molar-refractivity contribution in [3.05, 3.63) is 16.5 Å². The Morgan fingerprint density at radius 2 is 2.19 bits per heavy atom. The number of nitrogens with one attached hydrogen (secondary N) is 1. The molecule has 1 amide bonds. The van der Waals surface area contributed by atoms with Gasteiger partial charge < -0.3 is 10.1 Å². The number of anilines is 1. The molecule has 118 valence electrons. The van der Waals surface area contributed by atoms with Gasteiger partial charge in [-0.3, -0.25) is 4.79 Å². The Kier molecular flexibility index (Phi) is 5.10. The van der Waals surface area contributed by atoms with Crippen LogP contribution in [0.3, 0.4) is 0 Å². The van der Waals surface area contributed by atoms with Crippen molar-refractivity contribution in [2.75, 3.05) is 11.9 Å². The maximum atomic E-state index is 12.6. The van der Waals surface area contributed by atoms with Crippen LogP contribution in [-0.2, 0) is 22.6 Å². The summed E-state index contributed by atoms with van der Waals surface area (Å²) in [4.78, 5) is 13.8. The first-order valence-electron chi connectivity index (χ1n) is 7.86. The minimum absolute atomic E-state index is 0.00117. The minimum Gasteiger partial charge on any atom is -0.376 e. The van der Waals surface area contributed by atoms with Crippen molar-refractivity contribution in [3.8, 4) is 0 Å². The molecule has 2 heterocycles. The highest BCUT2D eigenvalue weighted by atomic mass is 32.1. The lowest BCUT2D eigenvalue weighted by Gasteiger charge is -2.36. The topological polar surface area (TPSA) is 38.3 Å². The lowest BCUT2D eigenvalue weighted by molar-refractivity contribution is -0.123. The van der Waals surface area contributed by atoms with Gasteiger partial charge in [0.25, 0.3) is 0 Å². The smallest absolute Gasteiger partial charge is 0.228 e. The first kappa shape index (κ1) is 16.5. The molecule has 0 fully saturated rings. The lowest BCUT2D eigenvalue weighted by atomic mass is 9.69. The quantitative estimate of drug-likeness (QED) is 0.871. The molecule has 0 aliphatic carbocycles. The van der Waals surface area contributed by atoms with Gasteiger partial charge >= 0.3 is 0 Å². The molecule has 2 atom stereocenters. The normalized spacial score (nSPS) is 18.0. The second-order valence-corrected chi connectivity index (χ2v) is 7.84. The zero-order valence-corrected chi connectivity index (χ0v) is 14.6. The largest absolute Gasteiger partial charge is 0.376 e. The van der Waals surface area contributed by atoms with E-state index in [-0.39, 0.29) is 17.2 Å². The van der Waals surface area contributed by atoms with Gasteiger partial charge in [-0.1, -0.05) is 41.0 Å². The van der Waals surface area contributed by atoms with Crippen molar-refractivity contribution in [3.63, 3.8) is 0 Å². The fraction of sp³-hybridized carbons (Fsp3) is 0.706. The van der Waals surface area contributed by atoms with E-state index in [4.69, 9.17) is 4.74 Å². The number of thiophene rings is 1. The van der Waals surface area contributed by atoms with Gasteiger partial charge in [-0.15, -0.1) is 11.3 Å².